The van der Waals surface area contributed by atoms with Gasteiger partial charge >= 0.3 is 0 Å². The summed E-state index contributed by atoms with van der Waals surface area (Å²) in [6, 6.07) is 12.8. The number of amides is 2. The van der Waals surface area contributed by atoms with Gasteiger partial charge in [0.2, 0.25) is 5.91 Å². The normalized spacial score (nSPS) is 13.5. The van der Waals surface area contributed by atoms with Crippen LogP contribution in [0.2, 0.25) is 0 Å². The molecule has 3 N–H and O–H groups in total. The van der Waals surface area contributed by atoms with Crippen molar-refractivity contribution in [3.05, 3.63) is 66.6 Å². The van der Waals surface area contributed by atoms with Crippen LogP contribution >= 0.6 is 0 Å². The number of hydrogen-bond acceptors (Lipinski definition) is 7. The van der Waals surface area contributed by atoms with E-state index in [0.717, 1.165) is 5.56 Å². The highest BCUT2D eigenvalue weighted by molar-refractivity contribution is 5.94. The van der Waals surface area contributed by atoms with Crippen LogP contribution in [0.1, 0.15) is 17.3 Å². The Kier molecular flexibility index (Phi) is 5.09. The molecule has 4 heterocycles. The molecule has 10 nitrogen and oxygen atoms in total. The Labute approximate surface area is 189 Å². The molecule has 0 unspecified atom stereocenters. The molecule has 1 aliphatic rings. The number of likely N-dealkylation sites (tertiary alicyclic amines) is 1. The van der Waals surface area contributed by atoms with Crippen LogP contribution in [0.3, 0.4) is 0 Å². The third-order valence-corrected chi connectivity index (χ3v) is 5.25. The molecule has 0 atom stereocenters. The fourth-order valence-corrected chi connectivity index (χ4v) is 3.59. The van der Waals surface area contributed by atoms with Gasteiger partial charge in [0, 0.05) is 24.2 Å². The highest BCUT2D eigenvalue weighted by Crippen LogP contribution is 2.26. The zero-order valence-corrected chi connectivity index (χ0v) is 17.8. The average molecular weight is 443 g/mol. The summed E-state index contributed by atoms with van der Waals surface area (Å²) in [6.07, 6.45) is 4.91. The number of ether oxygens (including phenoxy) is 1. The van der Waals surface area contributed by atoms with Crippen molar-refractivity contribution in [2.75, 3.05) is 24.1 Å². The Bertz CT molecular complexity index is 1350. The summed E-state index contributed by atoms with van der Waals surface area (Å²) >= 11 is 0. The van der Waals surface area contributed by atoms with Crippen molar-refractivity contribution in [2.24, 2.45) is 0 Å². The lowest BCUT2D eigenvalue weighted by Crippen LogP contribution is -2.56. The Morgan fingerprint density at radius 3 is 2.64 bits per heavy atom. The number of fused-ring (bicyclic) bond motifs is 1. The number of nitrogens with one attached hydrogen (secondary N) is 1. The first kappa shape index (κ1) is 20.4. The van der Waals surface area contributed by atoms with Gasteiger partial charge < -0.3 is 25.1 Å². The lowest BCUT2D eigenvalue weighted by atomic mass is 10.1. The molecule has 0 spiro atoms. The van der Waals surface area contributed by atoms with Gasteiger partial charge in [-0.05, 0) is 24.3 Å². The SMILES string of the molecule is CC(=O)Nc1cn2cc(-c3cnc(N)c(OC4CN(C(=O)c5ccccc5)C4)n3)ccc2n1. The van der Waals surface area contributed by atoms with Crippen molar-refractivity contribution in [1.29, 1.82) is 0 Å². The van der Waals surface area contributed by atoms with Crippen molar-refractivity contribution >= 4 is 29.1 Å². The molecular weight excluding hydrogens is 422 g/mol. The smallest absolute Gasteiger partial charge is 0.258 e. The van der Waals surface area contributed by atoms with E-state index in [1.807, 2.05) is 36.5 Å². The van der Waals surface area contributed by atoms with Crippen molar-refractivity contribution in [2.45, 2.75) is 13.0 Å². The number of benzene rings is 1. The first-order valence-corrected chi connectivity index (χ1v) is 10.4. The summed E-state index contributed by atoms with van der Waals surface area (Å²) in [5, 5.41) is 2.66. The minimum Gasteiger partial charge on any atom is -0.468 e. The van der Waals surface area contributed by atoms with E-state index in [1.165, 1.54) is 6.92 Å². The predicted octanol–water partition coefficient (Wildman–Crippen LogP) is 2.24. The molecule has 1 aliphatic heterocycles. The van der Waals surface area contributed by atoms with Gasteiger partial charge in [0.05, 0.1) is 31.2 Å². The third-order valence-electron chi connectivity index (χ3n) is 5.25. The number of aromatic nitrogens is 4. The molecule has 1 saturated heterocycles. The molecule has 0 aliphatic carbocycles. The number of rotatable bonds is 5. The zero-order valence-electron chi connectivity index (χ0n) is 17.8. The second kappa shape index (κ2) is 8.23. The number of hydrogen-bond donors (Lipinski definition) is 2. The molecule has 5 rings (SSSR count). The van der Waals surface area contributed by atoms with E-state index >= 15 is 0 Å². The van der Waals surface area contributed by atoms with Crippen LogP contribution < -0.4 is 15.8 Å². The standard InChI is InChI=1S/C23H21N7O3/c1-14(31)26-19-13-29-10-16(7-8-20(29)28-19)18-9-25-21(24)22(27-18)33-17-11-30(12-17)23(32)15-5-3-2-4-6-15/h2-10,13,17H,11-12H2,1H3,(H2,24,25)(H,26,31). The molecular formula is C23H21N7O3. The second-order valence-corrected chi connectivity index (χ2v) is 7.75. The Balaban J connectivity index is 1.30. The maximum absolute atomic E-state index is 12.5. The Morgan fingerprint density at radius 2 is 1.88 bits per heavy atom. The average Bonchev–Trinajstić information content (AvgIpc) is 3.18. The lowest BCUT2D eigenvalue weighted by molar-refractivity contribution is -0.114. The fraction of sp³-hybridized carbons (Fsp3) is 0.174. The molecule has 2 amide bonds. The fourth-order valence-electron chi connectivity index (χ4n) is 3.59. The molecule has 4 aromatic rings. The molecule has 1 fully saturated rings. The summed E-state index contributed by atoms with van der Waals surface area (Å²) in [4.78, 5) is 38.6. The van der Waals surface area contributed by atoms with Gasteiger partial charge in [0.15, 0.2) is 11.6 Å². The minimum atomic E-state index is -0.208. The van der Waals surface area contributed by atoms with Crippen molar-refractivity contribution in [3.63, 3.8) is 0 Å². The highest BCUT2D eigenvalue weighted by Gasteiger charge is 2.33. The number of pyridine rings is 1. The minimum absolute atomic E-state index is 0.0319. The van der Waals surface area contributed by atoms with Crippen LogP contribution in [0, 0.1) is 0 Å². The van der Waals surface area contributed by atoms with Crippen LogP contribution in [0.25, 0.3) is 16.9 Å². The summed E-state index contributed by atoms with van der Waals surface area (Å²) in [7, 11) is 0. The summed E-state index contributed by atoms with van der Waals surface area (Å²) in [5.74, 6) is 0.657. The predicted molar refractivity (Wildman–Crippen MR) is 122 cm³/mol. The summed E-state index contributed by atoms with van der Waals surface area (Å²) in [5.41, 5.74) is 8.67. The van der Waals surface area contributed by atoms with Gasteiger partial charge in [-0.15, -0.1) is 0 Å². The molecule has 166 valence electrons. The van der Waals surface area contributed by atoms with Gasteiger partial charge in [-0.3, -0.25) is 9.59 Å². The first-order chi connectivity index (χ1) is 16.0. The number of carbonyl (C=O) groups is 2. The topological polar surface area (TPSA) is 128 Å². The molecule has 10 heteroatoms. The first-order valence-electron chi connectivity index (χ1n) is 10.4. The number of imidazole rings is 1. The van der Waals surface area contributed by atoms with Gasteiger partial charge in [0.25, 0.3) is 11.8 Å². The van der Waals surface area contributed by atoms with Crippen molar-refractivity contribution in [1.82, 2.24) is 24.3 Å². The zero-order chi connectivity index (χ0) is 22.9. The van der Waals surface area contributed by atoms with Gasteiger partial charge in [-0.1, -0.05) is 18.2 Å². The molecule has 0 bridgehead atoms. The van der Waals surface area contributed by atoms with Crippen LogP contribution in [-0.2, 0) is 4.79 Å². The summed E-state index contributed by atoms with van der Waals surface area (Å²) in [6.45, 7) is 2.33. The quantitative estimate of drug-likeness (QED) is 0.484. The number of nitrogens with two attached hydrogens (primary N) is 1. The van der Waals surface area contributed by atoms with Crippen LogP contribution in [-0.4, -0.2) is 55.3 Å². The Hall–Kier alpha value is -4.47. The second-order valence-electron chi connectivity index (χ2n) is 7.75. The number of nitrogens with zero attached hydrogens (tertiary/aromatic N) is 5. The van der Waals surface area contributed by atoms with E-state index in [-0.39, 0.29) is 29.6 Å². The molecule has 33 heavy (non-hydrogen) atoms. The number of carbonyl (C=O) groups excluding carboxylic acids is 2. The molecule has 0 radical (unpaired) electrons. The van der Waals surface area contributed by atoms with Gasteiger partial charge in [-0.2, -0.15) is 0 Å². The van der Waals surface area contributed by atoms with E-state index in [2.05, 4.69) is 20.3 Å². The van der Waals surface area contributed by atoms with E-state index in [4.69, 9.17) is 10.5 Å². The Morgan fingerprint density at radius 1 is 1.09 bits per heavy atom. The molecule has 0 saturated carbocycles. The maximum Gasteiger partial charge on any atom is 0.258 e. The number of anilines is 2. The third kappa shape index (κ3) is 4.18. The molecule has 1 aromatic carbocycles. The van der Waals surface area contributed by atoms with Crippen molar-refractivity contribution < 1.29 is 14.3 Å². The van der Waals surface area contributed by atoms with E-state index in [9.17, 15) is 9.59 Å². The monoisotopic (exact) mass is 443 g/mol. The van der Waals surface area contributed by atoms with Gasteiger partial charge in [-0.25, -0.2) is 15.0 Å². The molecule has 3 aromatic heterocycles. The van der Waals surface area contributed by atoms with E-state index < -0.39 is 0 Å². The van der Waals surface area contributed by atoms with Crippen LogP contribution in [0.15, 0.2) is 61.1 Å². The van der Waals surface area contributed by atoms with Crippen LogP contribution in [0.4, 0.5) is 11.6 Å². The summed E-state index contributed by atoms with van der Waals surface area (Å²) < 4.78 is 7.73. The van der Waals surface area contributed by atoms with E-state index in [1.54, 1.807) is 33.8 Å². The maximum atomic E-state index is 12.5. The van der Waals surface area contributed by atoms with Gasteiger partial charge in [0.1, 0.15) is 11.8 Å². The lowest BCUT2D eigenvalue weighted by Gasteiger charge is -2.38. The van der Waals surface area contributed by atoms with E-state index in [0.29, 0.717) is 35.8 Å². The number of nitrogen functional groups attached to an aromatic ring is 1. The largest absolute Gasteiger partial charge is 0.468 e. The highest BCUT2D eigenvalue weighted by atomic mass is 16.5. The van der Waals surface area contributed by atoms with Crippen molar-refractivity contribution in [3.8, 4) is 17.1 Å². The van der Waals surface area contributed by atoms with Crippen LogP contribution in [0.5, 0.6) is 5.88 Å².